The minimum atomic E-state index is 0.816. The zero-order valence-electron chi connectivity index (χ0n) is 7.90. The van der Waals surface area contributed by atoms with Gasteiger partial charge in [0.2, 0.25) is 0 Å². The highest BCUT2D eigenvalue weighted by Crippen LogP contribution is 2.12. The molecule has 0 radical (unpaired) electrons. The van der Waals surface area contributed by atoms with Crippen molar-refractivity contribution in [3.05, 3.63) is 30.3 Å². The summed E-state index contributed by atoms with van der Waals surface area (Å²) in [6.07, 6.45) is 4.36. The van der Waals surface area contributed by atoms with Crippen molar-refractivity contribution in [2.75, 3.05) is 11.4 Å². The molecule has 2 nitrogen and oxygen atoms in total. The molecule has 13 heavy (non-hydrogen) atoms. The summed E-state index contributed by atoms with van der Waals surface area (Å²) in [4.78, 5) is 1.73. The molecular formula is C11H14N2. The zero-order valence-corrected chi connectivity index (χ0v) is 7.90. The first-order valence-corrected chi connectivity index (χ1v) is 4.60. The monoisotopic (exact) mass is 174 g/mol. The highest BCUT2D eigenvalue weighted by molar-refractivity contribution is 5.49. The maximum absolute atomic E-state index is 8.88. The molecule has 0 aliphatic carbocycles. The van der Waals surface area contributed by atoms with E-state index in [1.54, 1.807) is 4.90 Å². The minimum Gasteiger partial charge on any atom is -0.279 e. The predicted molar refractivity (Wildman–Crippen MR) is 54.3 cm³/mol. The molecule has 0 aliphatic heterocycles. The third-order valence-electron chi connectivity index (χ3n) is 1.92. The van der Waals surface area contributed by atoms with Gasteiger partial charge in [-0.15, -0.1) is 0 Å². The van der Waals surface area contributed by atoms with E-state index >= 15 is 0 Å². The van der Waals surface area contributed by atoms with Gasteiger partial charge in [-0.05, 0) is 18.6 Å². The predicted octanol–water partition coefficient (Wildman–Crippen LogP) is 2.77. The van der Waals surface area contributed by atoms with Crippen LogP contribution in [0.4, 0.5) is 5.69 Å². The molecule has 0 fully saturated rings. The normalized spacial score (nSPS) is 9.23. The van der Waals surface area contributed by atoms with Gasteiger partial charge in [-0.3, -0.25) is 4.90 Å². The van der Waals surface area contributed by atoms with Crippen molar-refractivity contribution >= 4 is 5.69 Å². The summed E-state index contributed by atoms with van der Waals surface area (Å²) in [6, 6.07) is 9.77. The van der Waals surface area contributed by atoms with Gasteiger partial charge in [-0.2, -0.15) is 5.26 Å². The number of nitriles is 1. The number of anilines is 1. The molecule has 0 heterocycles. The zero-order chi connectivity index (χ0) is 9.52. The first kappa shape index (κ1) is 9.60. The van der Waals surface area contributed by atoms with E-state index < -0.39 is 0 Å². The van der Waals surface area contributed by atoms with Crippen molar-refractivity contribution < 1.29 is 0 Å². The lowest BCUT2D eigenvalue weighted by atomic mass is 10.2. The average Bonchev–Trinajstić information content (AvgIpc) is 2.21. The Labute approximate surface area is 79.4 Å². The van der Waals surface area contributed by atoms with Crippen LogP contribution in [0.5, 0.6) is 0 Å². The van der Waals surface area contributed by atoms with Crippen LogP contribution in [0.25, 0.3) is 0 Å². The van der Waals surface area contributed by atoms with Gasteiger partial charge >= 0.3 is 0 Å². The van der Waals surface area contributed by atoms with Crippen molar-refractivity contribution in [2.24, 2.45) is 0 Å². The Morgan fingerprint density at radius 3 is 2.54 bits per heavy atom. The van der Waals surface area contributed by atoms with Crippen LogP contribution in [0.1, 0.15) is 19.8 Å². The van der Waals surface area contributed by atoms with Crippen LogP contribution in [-0.4, -0.2) is 6.54 Å². The van der Waals surface area contributed by atoms with Gasteiger partial charge in [0.15, 0.2) is 6.19 Å². The van der Waals surface area contributed by atoms with Crippen LogP contribution < -0.4 is 4.90 Å². The van der Waals surface area contributed by atoms with E-state index in [9.17, 15) is 0 Å². The average molecular weight is 174 g/mol. The van der Waals surface area contributed by atoms with Gasteiger partial charge in [0.25, 0.3) is 0 Å². The summed E-state index contributed by atoms with van der Waals surface area (Å²) in [6.45, 7) is 2.94. The maximum atomic E-state index is 8.88. The Hall–Kier alpha value is -1.49. The van der Waals surface area contributed by atoms with Gasteiger partial charge in [-0.25, -0.2) is 0 Å². The summed E-state index contributed by atoms with van der Waals surface area (Å²) >= 11 is 0. The molecule has 68 valence electrons. The van der Waals surface area contributed by atoms with E-state index in [0.29, 0.717) is 0 Å². The van der Waals surface area contributed by atoms with Crippen LogP contribution in [0.15, 0.2) is 30.3 Å². The fourth-order valence-electron chi connectivity index (χ4n) is 1.16. The Balaban J connectivity index is 2.63. The Bertz CT molecular complexity index is 274. The van der Waals surface area contributed by atoms with Crippen LogP contribution in [-0.2, 0) is 0 Å². The third kappa shape index (κ3) is 2.79. The number of benzene rings is 1. The topological polar surface area (TPSA) is 27.0 Å². The van der Waals surface area contributed by atoms with Crippen LogP contribution >= 0.6 is 0 Å². The number of hydrogen-bond acceptors (Lipinski definition) is 2. The number of unbranched alkanes of at least 4 members (excludes halogenated alkanes) is 1. The number of rotatable bonds is 4. The van der Waals surface area contributed by atoms with Crippen LogP contribution in [0.3, 0.4) is 0 Å². The van der Waals surface area contributed by atoms with Gasteiger partial charge in [-0.1, -0.05) is 31.5 Å². The van der Waals surface area contributed by atoms with Crippen LogP contribution in [0.2, 0.25) is 0 Å². The fourth-order valence-corrected chi connectivity index (χ4v) is 1.16. The van der Waals surface area contributed by atoms with E-state index in [2.05, 4.69) is 13.1 Å². The van der Waals surface area contributed by atoms with E-state index in [1.165, 1.54) is 0 Å². The van der Waals surface area contributed by atoms with Crippen molar-refractivity contribution in [1.29, 1.82) is 5.26 Å². The molecule has 0 amide bonds. The van der Waals surface area contributed by atoms with Gasteiger partial charge in [0.05, 0.1) is 5.69 Å². The lowest BCUT2D eigenvalue weighted by Gasteiger charge is -2.14. The molecule has 1 rings (SSSR count). The second-order valence-corrected chi connectivity index (χ2v) is 2.94. The smallest absolute Gasteiger partial charge is 0.184 e. The Morgan fingerprint density at radius 2 is 2.00 bits per heavy atom. The van der Waals surface area contributed by atoms with E-state index in [4.69, 9.17) is 5.26 Å². The quantitative estimate of drug-likeness (QED) is 0.518. The number of hydrogen-bond donors (Lipinski definition) is 0. The van der Waals surface area contributed by atoms with Crippen molar-refractivity contribution in [3.63, 3.8) is 0 Å². The molecular weight excluding hydrogens is 160 g/mol. The molecule has 0 N–H and O–H groups in total. The van der Waals surface area contributed by atoms with E-state index in [1.807, 2.05) is 30.3 Å². The molecule has 0 bridgehead atoms. The highest BCUT2D eigenvalue weighted by Gasteiger charge is 2.01. The molecule has 0 unspecified atom stereocenters. The lowest BCUT2D eigenvalue weighted by Crippen LogP contribution is -2.17. The third-order valence-corrected chi connectivity index (χ3v) is 1.92. The summed E-state index contributed by atoms with van der Waals surface area (Å²) in [5, 5.41) is 8.88. The second kappa shape index (κ2) is 5.21. The Morgan fingerprint density at radius 1 is 1.31 bits per heavy atom. The number of nitrogens with zero attached hydrogens (tertiary/aromatic N) is 2. The lowest BCUT2D eigenvalue weighted by molar-refractivity contribution is 0.787. The summed E-state index contributed by atoms with van der Waals surface area (Å²) < 4.78 is 0. The molecule has 0 saturated heterocycles. The standard InChI is InChI=1S/C11H14N2/c1-2-3-9-13(10-12)11-7-5-4-6-8-11/h4-8H,2-3,9H2,1H3. The molecule has 0 spiro atoms. The second-order valence-electron chi connectivity index (χ2n) is 2.94. The Kier molecular flexibility index (Phi) is 3.84. The van der Waals surface area contributed by atoms with Gasteiger partial charge < -0.3 is 0 Å². The highest BCUT2D eigenvalue weighted by atomic mass is 15.1. The first-order valence-electron chi connectivity index (χ1n) is 4.60. The van der Waals surface area contributed by atoms with Gasteiger partial charge in [0.1, 0.15) is 0 Å². The first-order chi connectivity index (χ1) is 6.38. The summed E-state index contributed by atoms with van der Waals surface area (Å²) in [5.41, 5.74) is 0.985. The molecule has 1 aromatic rings. The fraction of sp³-hybridized carbons (Fsp3) is 0.364. The van der Waals surface area contributed by atoms with Crippen molar-refractivity contribution in [1.82, 2.24) is 0 Å². The largest absolute Gasteiger partial charge is 0.279 e. The van der Waals surface area contributed by atoms with Crippen molar-refractivity contribution in [3.8, 4) is 6.19 Å². The minimum absolute atomic E-state index is 0.816. The van der Waals surface area contributed by atoms with Crippen molar-refractivity contribution in [2.45, 2.75) is 19.8 Å². The summed E-state index contributed by atoms with van der Waals surface area (Å²) in [5.74, 6) is 0. The molecule has 2 heteroatoms. The summed E-state index contributed by atoms with van der Waals surface area (Å²) in [7, 11) is 0. The molecule has 0 saturated carbocycles. The van der Waals surface area contributed by atoms with E-state index in [0.717, 1.165) is 25.1 Å². The maximum Gasteiger partial charge on any atom is 0.184 e. The molecule has 1 aromatic carbocycles. The van der Waals surface area contributed by atoms with E-state index in [-0.39, 0.29) is 0 Å². The molecule has 0 aromatic heterocycles. The van der Waals surface area contributed by atoms with Gasteiger partial charge in [0, 0.05) is 6.54 Å². The SMILES string of the molecule is CCCCN(C#N)c1ccccc1. The molecule has 0 atom stereocenters. The van der Waals surface area contributed by atoms with Crippen LogP contribution in [0, 0.1) is 11.5 Å². The molecule has 0 aliphatic rings. The number of para-hydroxylation sites is 1.